The van der Waals surface area contributed by atoms with Crippen LogP contribution in [-0.2, 0) is 24.4 Å². The van der Waals surface area contributed by atoms with Crippen molar-refractivity contribution < 1.29 is 44.7 Å². The summed E-state index contributed by atoms with van der Waals surface area (Å²) < 4.78 is 59.9. The number of rotatable bonds is 13. The van der Waals surface area contributed by atoms with Crippen LogP contribution >= 0.6 is 11.6 Å². The first-order valence-corrected chi connectivity index (χ1v) is 13.9. The molecule has 1 aliphatic heterocycles. The van der Waals surface area contributed by atoms with Crippen molar-refractivity contribution >= 4 is 39.6 Å². The largest absolute Gasteiger partial charge is 0.484 e. The van der Waals surface area contributed by atoms with Gasteiger partial charge in [0.2, 0.25) is 17.3 Å². The molecule has 0 saturated carbocycles. The maximum atomic E-state index is 13.1. The van der Waals surface area contributed by atoms with E-state index in [0.717, 1.165) is 0 Å². The molecule has 2 rings (SSSR count). The summed E-state index contributed by atoms with van der Waals surface area (Å²) in [5.74, 6) is -1.97. The van der Waals surface area contributed by atoms with Crippen LogP contribution in [0, 0.1) is 11.8 Å². The molecule has 0 aromatic heterocycles. The fourth-order valence-electron chi connectivity index (χ4n) is 3.78. The lowest BCUT2D eigenvalue weighted by Crippen LogP contribution is -2.55. The van der Waals surface area contributed by atoms with Gasteiger partial charge in [0.15, 0.2) is 0 Å². The van der Waals surface area contributed by atoms with Crippen molar-refractivity contribution in [3.05, 3.63) is 29.3 Å². The van der Waals surface area contributed by atoms with Gasteiger partial charge in [0, 0.05) is 17.5 Å². The van der Waals surface area contributed by atoms with Gasteiger partial charge >= 0.3 is 6.09 Å². The van der Waals surface area contributed by atoms with Gasteiger partial charge in [-0.25, -0.2) is 4.79 Å². The SMILES string of the molecule is [2H]C([2H])(OC(=O)N[C@@H](CC(C)C)C(=O)N[C@@H](C[C@@H]1CCNC1=O)C(O)S(=O)(=O)O)C(C)(C)Oc1ccc(Cl)cc1. The van der Waals surface area contributed by atoms with Crippen molar-refractivity contribution in [2.45, 2.75) is 70.1 Å². The molecule has 1 unspecified atom stereocenters. The van der Waals surface area contributed by atoms with E-state index < -0.39 is 63.6 Å². The minimum Gasteiger partial charge on any atom is -0.484 e. The first-order valence-electron chi connectivity index (χ1n) is 13.0. The zero-order chi connectivity index (χ0) is 30.5. The van der Waals surface area contributed by atoms with E-state index in [-0.39, 0.29) is 24.5 Å². The molecular formula is C24H36ClN3O9S. The summed E-state index contributed by atoms with van der Waals surface area (Å²) in [6, 6.07) is 3.16. The molecule has 1 saturated heterocycles. The number of alkyl carbamates (subject to hydrolysis) is 1. The molecule has 1 aromatic carbocycles. The Labute approximate surface area is 230 Å². The molecular weight excluding hydrogens is 542 g/mol. The molecule has 1 aliphatic rings. The van der Waals surface area contributed by atoms with E-state index in [1.807, 2.05) is 0 Å². The lowest BCUT2D eigenvalue weighted by atomic mass is 9.97. The Morgan fingerprint density at radius 2 is 1.89 bits per heavy atom. The van der Waals surface area contributed by atoms with E-state index in [1.54, 1.807) is 13.8 Å². The van der Waals surface area contributed by atoms with Gasteiger partial charge in [-0.05, 0) is 63.3 Å². The Kier molecular flexibility index (Phi) is 10.1. The number of halogens is 1. The Bertz CT molecular complexity index is 1170. The Balaban J connectivity index is 2.16. The molecule has 1 fully saturated rings. The van der Waals surface area contributed by atoms with Gasteiger partial charge < -0.3 is 30.5 Å². The topological polar surface area (TPSA) is 180 Å². The quantitative estimate of drug-likeness (QED) is 0.218. The molecule has 3 amide bonds. The molecule has 214 valence electrons. The predicted molar refractivity (Wildman–Crippen MR) is 139 cm³/mol. The number of amides is 3. The maximum absolute atomic E-state index is 13.1. The van der Waals surface area contributed by atoms with Crippen LogP contribution in [0.1, 0.15) is 49.7 Å². The van der Waals surface area contributed by atoms with Gasteiger partial charge in [-0.2, -0.15) is 8.42 Å². The van der Waals surface area contributed by atoms with Crippen molar-refractivity contribution in [3.63, 3.8) is 0 Å². The number of ether oxygens (including phenoxy) is 2. The Morgan fingerprint density at radius 3 is 2.42 bits per heavy atom. The summed E-state index contributed by atoms with van der Waals surface area (Å²) >= 11 is 5.86. The molecule has 0 spiro atoms. The van der Waals surface area contributed by atoms with Gasteiger partial charge in [-0.1, -0.05) is 25.4 Å². The van der Waals surface area contributed by atoms with E-state index >= 15 is 0 Å². The van der Waals surface area contributed by atoms with Gasteiger partial charge in [0.1, 0.15) is 24.0 Å². The van der Waals surface area contributed by atoms with Crippen LogP contribution in [0.5, 0.6) is 5.75 Å². The minimum absolute atomic E-state index is 0.0210. The standard InChI is InChI=1S/C24H36ClN3O9S/c1-14(2)11-18(28-23(32)36-13-24(3,4)37-17-7-5-16(25)6-8-17)21(30)27-19(22(31)38(33,34)35)12-15-9-10-26-20(15)29/h5-8,14-15,18-19,22,31H,9-13H2,1-4H3,(H,26,29)(H,27,30)(H,28,32)(H,33,34,35)/t15-,18-,19-,22?/m0/s1/i13D2. The molecule has 0 radical (unpaired) electrons. The molecule has 12 nitrogen and oxygen atoms in total. The predicted octanol–water partition coefficient (Wildman–Crippen LogP) is 1.86. The van der Waals surface area contributed by atoms with Crippen molar-refractivity contribution in [1.29, 1.82) is 0 Å². The summed E-state index contributed by atoms with van der Waals surface area (Å²) in [4.78, 5) is 37.9. The smallest absolute Gasteiger partial charge is 0.407 e. The average molecular weight is 580 g/mol. The van der Waals surface area contributed by atoms with E-state index in [9.17, 15) is 32.5 Å². The first-order chi connectivity index (χ1) is 18.3. The van der Waals surface area contributed by atoms with Crippen LogP contribution in [0.15, 0.2) is 24.3 Å². The summed E-state index contributed by atoms with van der Waals surface area (Å²) in [5, 5.41) is 17.8. The molecule has 0 aliphatic carbocycles. The Hall–Kier alpha value is -2.61. The molecule has 5 N–H and O–H groups in total. The monoisotopic (exact) mass is 579 g/mol. The van der Waals surface area contributed by atoms with Crippen LogP contribution in [0.2, 0.25) is 5.02 Å². The van der Waals surface area contributed by atoms with Gasteiger partial charge in [0.05, 0.1) is 8.78 Å². The minimum atomic E-state index is -5.02. The highest BCUT2D eigenvalue weighted by Crippen LogP contribution is 2.22. The number of nitrogens with one attached hydrogen (secondary N) is 3. The number of carbonyl (C=O) groups is 3. The normalized spacial score (nSPS) is 19.5. The van der Waals surface area contributed by atoms with E-state index in [0.29, 0.717) is 18.0 Å². The van der Waals surface area contributed by atoms with Crippen LogP contribution < -0.4 is 20.7 Å². The molecule has 0 bridgehead atoms. The highest BCUT2D eigenvalue weighted by Gasteiger charge is 2.38. The Morgan fingerprint density at radius 1 is 1.26 bits per heavy atom. The summed E-state index contributed by atoms with van der Waals surface area (Å²) in [6.45, 7) is 3.82. The lowest BCUT2D eigenvalue weighted by molar-refractivity contribution is -0.126. The highest BCUT2D eigenvalue weighted by molar-refractivity contribution is 7.86. The van der Waals surface area contributed by atoms with Crippen LogP contribution in [0.25, 0.3) is 0 Å². The van der Waals surface area contributed by atoms with Crippen LogP contribution in [0.4, 0.5) is 4.79 Å². The zero-order valence-electron chi connectivity index (χ0n) is 23.6. The third-order valence-electron chi connectivity index (χ3n) is 5.57. The lowest BCUT2D eigenvalue weighted by Gasteiger charge is -2.28. The fraction of sp³-hybridized carbons (Fsp3) is 0.625. The highest BCUT2D eigenvalue weighted by atomic mass is 35.5. The number of aliphatic hydroxyl groups is 1. The first kappa shape index (κ1) is 28.4. The fourth-order valence-corrected chi connectivity index (χ4v) is 4.50. The zero-order valence-corrected chi connectivity index (χ0v) is 23.1. The average Bonchev–Trinajstić information content (AvgIpc) is 3.21. The second-order valence-electron chi connectivity index (χ2n) is 9.92. The molecule has 1 heterocycles. The molecule has 14 heteroatoms. The summed E-state index contributed by atoms with van der Waals surface area (Å²) in [5.41, 5.74) is -4.13. The third kappa shape index (κ3) is 10.3. The van der Waals surface area contributed by atoms with Gasteiger partial charge in [-0.3, -0.25) is 14.1 Å². The van der Waals surface area contributed by atoms with E-state index in [4.69, 9.17) is 23.8 Å². The number of aliphatic hydroxyl groups excluding tert-OH is 1. The van der Waals surface area contributed by atoms with Crippen molar-refractivity contribution in [2.24, 2.45) is 11.8 Å². The van der Waals surface area contributed by atoms with Crippen molar-refractivity contribution in [1.82, 2.24) is 16.0 Å². The van der Waals surface area contributed by atoms with Gasteiger partial charge in [-0.15, -0.1) is 0 Å². The van der Waals surface area contributed by atoms with E-state index in [2.05, 4.69) is 16.0 Å². The molecule has 4 atom stereocenters. The maximum Gasteiger partial charge on any atom is 0.407 e. The van der Waals surface area contributed by atoms with Crippen molar-refractivity contribution in [3.8, 4) is 5.75 Å². The van der Waals surface area contributed by atoms with E-state index in [1.165, 1.54) is 38.1 Å². The van der Waals surface area contributed by atoms with Gasteiger partial charge in [0.25, 0.3) is 10.1 Å². The summed E-state index contributed by atoms with van der Waals surface area (Å²) in [6.07, 6.45) is -1.25. The third-order valence-corrected chi connectivity index (χ3v) is 6.76. The number of hydrogen-bond donors (Lipinski definition) is 5. The number of carbonyl (C=O) groups excluding carboxylic acids is 3. The molecule has 38 heavy (non-hydrogen) atoms. The molecule has 1 aromatic rings. The second kappa shape index (κ2) is 13.5. The number of hydrogen-bond acceptors (Lipinski definition) is 8. The van der Waals surface area contributed by atoms with Crippen LogP contribution in [0.3, 0.4) is 0 Å². The van der Waals surface area contributed by atoms with Crippen LogP contribution in [-0.4, -0.2) is 72.2 Å². The van der Waals surface area contributed by atoms with Crippen molar-refractivity contribution in [2.75, 3.05) is 13.1 Å². The summed E-state index contributed by atoms with van der Waals surface area (Å²) in [7, 11) is -5.02. The number of benzene rings is 1. The second-order valence-corrected chi connectivity index (χ2v) is 11.9.